The molecule has 0 aliphatic heterocycles. The molecule has 0 radical (unpaired) electrons. The molecule has 2 aromatic rings. The van der Waals surface area contributed by atoms with Crippen LogP contribution in [-0.2, 0) is 12.8 Å². The highest BCUT2D eigenvalue weighted by molar-refractivity contribution is 7.09. The van der Waals surface area contributed by atoms with Gasteiger partial charge < -0.3 is 5.32 Å². The number of halogens is 1. The topological polar surface area (TPSA) is 12.0 Å². The van der Waals surface area contributed by atoms with Crippen LogP contribution in [0.4, 0.5) is 0 Å². The molecule has 1 nitrogen and oxygen atoms in total. The van der Waals surface area contributed by atoms with E-state index in [2.05, 4.69) is 41.9 Å². The summed E-state index contributed by atoms with van der Waals surface area (Å²) in [5, 5.41) is 6.53. The number of thiophene rings is 1. The minimum Gasteiger partial charge on any atom is -0.317 e. The van der Waals surface area contributed by atoms with E-state index in [0.29, 0.717) is 5.92 Å². The maximum atomic E-state index is 6.28. The molecule has 3 heteroatoms. The first-order chi connectivity index (χ1) is 9.79. The van der Waals surface area contributed by atoms with Crippen molar-refractivity contribution in [3.63, 3.8) is 0 Å². The number of hydrogen-bond donors (Lipinski definition) is 1. The minimum absolute atomic E-state index is 0.636. The zero-order valence-corrected chi connectivity index (χ0v) is 13.5. The van der Waals surface area contributed by atoms with Crippen molar-refractivity contribution >= 4 is 22.9 Å². The SMILES string of the molecule is CCNCC(CCc1cccs1)Cc1ccccc1Cl. The lowest BCUT2D eigenvalue weighted by Crippen LogP contribution is -2.24. The zero-order chi connectivity index (χ0) is 14.2. The molecular weight excluding hydrogens is 286 g/mol. The third-order valence-electron chi connectivity index (χ3n) is 3.53. The molecule has 20 heavy (non-hydrogen) atoms. The monoisotopic (exact) mass is 307 g/mol. The Labute approximate surface area is 131 Å². The van der Waals surface area contributed by atoms with E-state index in [1.807, 2.05) is 23.5 Å². The highest BCUT2D eigenvalue weighted by atomic mass is 35.5. The predicted molar refractivity (Wildman–Crippen MR) is 89.8 cm³/mol. The van der Waals surface area contributed by atoms with Crippen LogP contribution in [0.15, 0.2) is 41.8 Å². The highest BCUT2D eigenvalue weighted by Crippen LogP contribution is 2.22. The van der Waals surface area contributed by atoms with E-state index in [-0.39, 0.29) is 0 Å². The maximum absolute atomic E-state index is 6.28. The quantitative estimate of drug-likeness (QED) is 0.738. The fourth-order valence-electron chi connectivity index (χ4n) is 2.40. The molecular formula is C17H22ClNS. The summed E-state index contributed by atoms with van der Waals surface area (Å²) in [5.41, 5.74) is 1.27. The highest BCUT2D eigenvalue weighted by Gasteiger charge is 2.12. The van der Waals surface area contributed by atoms with Crippen molar-refractivity contribution in [3.05, 3.63) is 57.2 Å². The number of benzene rings is 1. The summed E-state index contributed by atoms with van der Waals surface area (Å²) in [6.45, 7) is 4.25. The van der Waals surface area contributed by atoms with Crippen molar-refractivity contribution < 1.29 is 0 Å². The van der Waals surface area contributed by atoms with Crippen molar-refractivity contribution in [2.24, 2.45) is 5.92 Å². The average Bonchev–Trinajstić information content (AvgIpc) is 2.97. The Kier molecular flexibility index (Phi) is 6.58. The first-order valence-corrected chi connectivity index (χ1v) is 8.52. The van der Waals surface area contributed by atoms with Gasteiger partial charge in [-0.2, -0.15) is 0 Å². The van der Waals surface area contributed by atoms with E-state index in [1.165, 1.54) is 16.9 Å². The van der Waals surface area contributed by atoms with Crippen LogP contribution in [0.1, 0.15) is 23.8 Å². The molecule has 1 aromatic carbocycles. The molecule has 0 fully saturated rings. The summed E-state index contributed by atoms with van der Waals surface area (Å²) < 4.78 is 0. The Morgan fingerprint density at radius 1 is 1.20 bits per heavy atom. The van der Waals surface area contributed by atoms with Gasteiger partial charge in [0, 0.05) is 9.90 Å². The molecule has 0 spiro atoms. The standard InChI is InChI=1S/C17H22ClNS/c1-2-19-13-14(9-10-16-7-5-11-20-16)12-15-6-3-4-8-17(15)18/h3-8,11,14,19H,2,9-10,12-13H2,1H3. The van der Waals surface area contributed by atoms with Crippen molar-refractivity contribution in [1.29, 1.82) is 0 Å². The first kappa shape index (κ1) is 15.6. The van der Waals surface area contributed by atoms with E-state index in [0.717, 1.165) is 31.0 Å². The van der Waals surface area contributed by atoms with E-state index < -0.39 is 0 Å². The van der Waals surface area contributed by atoms with Crippen LogP contribution in [0.2, 0.25) is 5.02 Å². The Morgan fingerprint density at radius 2 is 2.05 bits per heavy atom. The van der Waals surface area contributed by atoms with E-state index in [1.54, 1.807) is 0 Å². The molecule has 0 bridgehead atoms. The molecule has 0 aliphatic rings. The second-order valence-electron chi connectivity index (χ2n) is 5.09. The molecule has 108 valence electrons. The molecule has 0 saturated heterocycles. The van der Waals surface area contributed by atoms with Gasteiger partial charge in [-0.25, -0.2) is 0 Å². The van der Waals surface area contributed by atoms with Crippen LogP contribution < -0.4 is 5.32 Å². The minimum atomic E-state index is 0.636. The van der Waals surface area contributed by atoms with Gasteiger partial charge in [-0.1, -0.05) is 42.8 Å². The second kappa shape index (κ2) is 8.46. The van der Waals surface area contributed by atoms with Crippen molar-refractivity contribution in [3.8, 4) is 0 Å². The Hall–Kier alpha value is -0.830. The van der Waals surface area contributed by atoms with Gasteiger partial charge in [0.25, 0.3) is 0 Å². The van der Waals surface area contributed by atoms with Gasteiger partial charge in [-0.15, -0.1) is 11.3 Å². The molecule has 1 atom stereocenters. The summed E-state index contributed by atoms with van der Waals surface area (Å²) >= 11 is 8.14. The normalized spacial score (nSPS) is 12.5. The van der Waals surface area contributed by atoms with Crippen LogP contribution in [0.5, 0.6) is 0 Å². The van der Waals surface area contributed by atoms with Crippen molar-refractivity contribution in [2.75, 3.05) is 13.1 Å². The van der Waals surface area contributed by atoms with Crippen molar-refractivity contribution in [1.82, 2.24) is 5.32 Å². The molecule has 1 N–H and O–H groups in total. The van der Waals surface area contributed by atoms with Crippen molar-refractivity contribution in [2.45, 2.75) is 26.2 Å². The first-order valence-electron chi connectivity index (χ1n) is 7.26. The van der Waals surface area contributed by atoms with Crippen LogP contribution in [0.3, 0.4) is 0 Å². The summed E-state index contributed by atoms with van der Waals surface area (Å²) in [5.74, 6) is 0.636. The fraction of sp³-hybridized carbons (Fsp3) is 0.412. The summed E-state index contributed by atoms with van der Waals surface area (Å²) in [7, 11) is 0. The third kappa shape index (κ3) is 4.93. The molecule has 0 saturated carbocycles. The predicted octanol–water partition coefficient (Wildman–Crippen LogP) is 4.80. The largest absolute Gasteiger partial charge is 0.317 e. The second-order valence-corrected chi connectivity index (χ2v) is 6.53. The van der Waals surface area contributed by atoms with Gasteiger partial charge in [0.05, 0.1) is 0 Å². The lowest BCUT2D eigenvalue weighted by atomic mass is 9.94. The van der Waals surface area contributed by atoms with Gasteiger partial charge in [0.1, 0.15) is 0 Å². The molecule has 1 aromatic heterocycles. The van der Waals surface area contributed by atoms with Crippen LogP contribution >= 0.6 is 22.9 Å². The smallest absolute Gasteiger partial charge is 0.0438 e. The van der Waals surface area contributed by atoms with Gasteiger partial charge in [-0.05, 0) is 61.3 Å². The Bertz CT molecular complexity index is 495. The molecule has 2 rings (SSSR count). The van der Waals surface area contributed by atoms with Gasteiger partial charge in [0.15, 0.2) is 0 Å². The number of nitrogens with one attached hydrogen (secondary N) is 1. The zero-order valence-electron chi connectivity index (χ0n) is 11.9. The maximum Gasteiger partial charge on any atom is 0.0438 e. The summed E-state index contributed by atoms with van der Waals surface area (Å²) in [6.07, 6.45) is 3.43. The van der Waals surface area contributed by atoms with E-state index in [4.69, 9.17) is 11.6 Å². The molecule has 0 aliphatic carbocycles. The molecule has 1 unspecified atom stereocenters. The number of aryl methyl sites for hydroxylation is 1. The van der Waals surface area contributed by atoms with Crippen LogP contribution in [0.25, 0.3) is 0 Å². The Balaban J connectivity index is 1.94. The van der Waals surface area contributed by atoms with Crippen LogP contribution in [0, 0.1) is 5.92 Å². The summed E-state index contributed by atoms with van der Waals surface area (Å²) in [4.78, 5) is 1.48. The lowest BCUT2D eigenvalue weighted by molar-refractivity contribution is 0.450. The third-order valence-corrected chi connectivity index (χ3v) is 4.83. The van der Waals surface area contributed by atoms with E-state index in [9.17, 15) is 0 Å². The Morgan fingerprint density at radius 3 is 2.75 bits per heavy atom. The van der Waals surface area contributed by atoms with Gasteiger partial charge in [0.2, 0.25) is 0 Å². The fourth-order valence-corrected chi connectivity index (χ4v) is 3.34. The lowest BCUT2D eigenvalue weighted by Gasteiger charge is -2.18. The molecule has 1 heterocycles. The summed E-state index contributed by atoms with van der Waals surface area (Å²) in [6, 6.07) is 12.6. The molecule has 0 amide bonds. The number of rotatable bonds is 8. The number of hydrogen-bond acceptors (Lipinski definition) is 2. The van der Waals surface area contributed by atoms with E-state index >= 15 is 0 Å². The average molecular weight is 308 g/mol. The van der Waals surface area contributed by atoms with Gasteiger partial charge in [-0.3, -0.25) is 0 Å². The van der Waals surface area contributed by atoms with Gasteiger partial charge >= 0.3 is 0 Å². The van der Waals surface area contributed by atoms with Crippen LogP contribution in [-0.4, -0.2) is 13.1 Å².